The van der Waals surface area contributed by atoms with Crippen LogP contribution in [0.25, 0.3) is 0 Å². The molecule has 3 nitrogen and oxygen atoms in total. The highest BCUT2D eigenvalue weighted by Crippen LogP contribution is 2.22. The lowest BCUT2D eigenvalue weighted by atomic mass is 10.3. The maximum Gasteiger partial charge on any atom is 0.261 e. The number of hydrogen-bond donors (Lipinski definition) is 1. The van der Waals surface area contributed by atoms with Crippen molar-refractivity contribution in [2.24, 2.45) is 0 Å². The molecular weight excluding hydrogens is 315 g/mol. The second-order valence-corrected chi connectivity index (χ2v) is 5.93. The van der Waals surface area contributed by atoms with Crippen LogP contribution in [0.4, 0.5) is 18.9 Å². The molecule has 0 spiro atoms. The predicted molar refractivity (Wildman–Crippen MR) is 68.6 cm³/mol. The van der Waals surface area contributed by atoms with Gasteiger partial charge in [0.05, 0.1) is 15.6 Å². The van der Waals surface area contributed by atoms with Crippen LogP contribution in [0.1, 0.15) is 0 Å². The second kappa shape index (κ2) is 5.34. The summed E-state index contributed by atoms with van der Waals surface area (Å²) in [6, 6.07) is 4.99. The van der Waals surface area contributed by atoms with Crippen LogP contribution in [0, 0.1) is 17.5 Å². The quantitative estimate of drug-likeness (QED) is 0.939. The van der Waals surface area contributed by atoms with Crippen LogP contribution in [0.2, 0.25) is 5.02 Å². The summed E-state index contributed by atoms with van der Waals surface area (Å²) in [5, 5.41) is -0.377. The third-order valence-electron chi connectivity index (χ3n) is 2.32. The smallest absolute Gasteiger partial charge is 0.261 e. The van der Waals surface area contributed by atoms with Gasteiger partial charge in [-0.1, -0.05) is 11.6 Å². The molecule has 0 aliphatic heterocycles. The van der Waals surface area contributed by atoms with Crippen molar-refractivity contribution >= 4 is 27.3 Å². The number of benzene rings is 2. The molecule has 8 heteroatoms. The highest BCUT2D eigenvalue weighted by atomic mass is 35.5. The molecule has 2 aromatic carbocycles. The first-order chi connectivity index (χ1) is 9.28. The van der Waals surface area contributed by atoms with E-state index in [4.69, 9.17) is 11.6 Å². The van der Waals surface area contributed by atoms with Gasteiger partial charge in [-0.25, -0.2) is 21.6 Å². The molecule has 0 amide bonds. The Balaban J connectivity index is 2.37. The zero-order valence-electron chi connectivity index (χ0n) is 9.70. The summed E-state index contributed by atoms with van der Waals surface area (Å²) >= 11 is 5.49. The fraction of sp³-hybridized carbons (Fsp3) is 0. The summed E-state index contributed by atoms with van der Waals surface area (Å²) in [6.45, 7) is 0. The minimum absolute atomic E-state index is 0.289. The molecule has 2 aromatic rings. The van der Waals surface area contributed by atoms with Gasteiger partial charge in [-0.05, 0) is 30.3 Å². The molecule has 0 aliphatic carbocycles. The van der Waals surface area contributed by atoms with Gasteiger partial charge < -0.3 is 0 Å². The van der Waals surface area contributed by atoms with Crippen LogP contribution in [0.3, 0.4) is 0 Å². The summed E-state index contributed by atoms with van der Waals surface area (Å²) in [5.41, 5.74) is -0.289. The van der Waals surface area contributed by atoms with Gasteiger partial charge in [-0.2, -0.15) is 0 Å². The van der Waals surface area contributed by atoms with Gasteiger partial charge in [0.15, 0.2) is 0 Å². The number of sulfonamides is 1. The molecule has 0 saturated carbocycles. The van der Waals surface area contributed by atoms with E-state index in [0.717, 1.165) is 30.3 Å². The number of halogens is 4. The summed E-state index contributed by atoms with van der Waals surface area (Å²) in [6.07, 6.45) is 0. The van der Waals surface area contributed by atoms with Crippen molar-refractivity contribution in [2.75, 3.05) is 4.72 Å². The van der Waals surface area contributed by atoms with E-state index < -0.39 is 27.5 Å². The summed E-state index contributed by atoms with van der Waals surface area (Å²) in [4.78, 5) is -0.325. The van der Waals surface area contributed by atoms with E-state index >= 15 is 0 Å². The Bertz CT molecular complexity index is 745. The molecule has 20 heavy (non-hydrogen) atoms. The van der Waals surface area contributed by atoms with Crippen LogP contribution in [0.15, 0.2) is 41.3 Å². The second-order valence-electron chi connectivity index (χ2n) is 3.84. The third-order valence-corrected chi connectivity index (χ3v) is 3.98. The van der Waals surface area contributed by atoms with Crippen molar-refractivity contribution in [1.82, 2.24) is 0 Å². The van der Waals surface area contributed by atoms with E-state index in [0.29, 0.717) is 6.07 Å². The van der Waals surface area contributed by atoms with E-state index in [9.17, 15) is 21.6 Å². The van der Waals surface area contributed by atoms with Crippen molar-refractivity contribution in [3.8, 4) is 0 Å². The fourth-order valence-electron chi connectivity index (χ4n) is 1.47. The van der Waals surface area contributed by atoms with E-state index in [1.807, 2.05) is 4.72 Å². The van der Waals surface area contributed by atoms with Crippen LogP contribution in [-0.2, 0) is 10.0 Å². The Morgan fingerprint density at radius 3 is 2.10 bits per heavy atom. The highest BCUT2D eigenvalue weighted by molar-refractivity contribution is 7.92. The van der Waals surface area contributed by atoms with Crippen molar-refractivity contribution < 1.29 is 21.6 Å². The average molecular weight is 322 g/mol. The summed E-state index contributed by atoms with van der Waals surface area (Å²) in [7, 11) is -4.12. The normalized spacial score (nSPS) is 11.4. The molecule has 2 rings (SSSR count). The maximum absolute atomic E-state index is 13.0. The SMILES string of the molecule is O=S(=O)(Nc1cc(F)cc(F)c1)c1ccc(F)c(Cl)c1. The molecule has 1 N–H and O–H groups in total. The van der Waals surface area contributed by atoms with Crippen LogP contribution >= 0.6 is 11.6 Å². The Morgan fingerprint density at radius 2 is 1.55 bits per heavy atom. The number of rotatable bonds is 3. The number of hydrogen-bond acceptors (Lipinski definition) is 2. The fourth-order valence-corrected chi connectivity index (χ4v) is 2.78. The maximum atomic E-state index is 13.0. The first kappa shape index (κ1) is 14.7. The largest absolute Gasteiger partial charge is 0.279 e. The predicted octanol–water partition coefficient (Wildman–Crippen LogP) is 3.56. The molecular formula is C12H7ClF3NO2S. The third kappa shape index (κ3) is 3.23. The lowest BCUT2D eigenvalue weighted by molar-refractivity contribution is 0.584. The number of anilines is 1. The standard InChI is InChI=1S/C12H7ClF3NO2S/c13-11-6-10(1-2-12(11)16)20(18,19)17-9-4-7(14)3-8(15)5-9/h1-6,17H. The molecule has 0 atom stereocenters. The van der Waals surface area contributed by atoms with Gasteiger partial charge in [0, 0.05) is 6.07 Å². The molecule has 0 heterocycles. The van der Waals surface area contributed by atoms with Crippen molar-refractivity contribution in [3.63, 3.8) is 0 Å². The molecule has 0 fully saturated rings. The van der Waals surface area contributed by atoms with Crippen molar-refractivity contribution in [1.29, 1.82) is 0 Å². The van der Waals surface area contributed by atoms with Crippen LogP contribution < -0.4 is 4.72 Å². The van der Waals surface area contributed by atoms with E-state index in [1.165, 1.54) is 0 Å². The lowest BCUT2D eigenvalue weighted by Gasteiger charge is -2.09. The van der Waals surface area contributed by atoms with Gasteiger partial charge in [-0.15, -0.1) is 0 Å². The van der Waals surface area contributed by atoms with Gasteiger partial charge in [-0.3, -0.25) is 4.72 Å². The molecule has 0 radical (unpaired) electrons. The van der Waals surface area contributed by atoms with Gasteiger partial charge in [0.25, 0.3) is 10.0 Å². The zero-order valence-corrected chi connectivity index (χ0v) is 11.3. The monoisotopic (exact) mass is 321 g/mol. The summed E-state index contributed by atoms with van der Waals surface area (Å²) < 4.78 is 64.8. The number of nitrogens with one attached hydrogen (secondary N) is 1. The van der Waals surface area contributed by atoms with E-state index in [2.05, 4.69) is 0 Å². The zero-order chi connectivity index (χ0) is 14.9. The highest BCUT2D eigenvalue weighted by Gasteiger charge is 2.16. The molecule has 0 bridgehead atoms. The molecule has 0 aliphatic rings. The van der Waals surface area contributed by atoms with Gasteiger partial charge in [0.2, 0.25) is 0 Å². The van der Waals surface area contributed by atoms with Crippen molar-refractivity contribution in [2.45, 2.75) is 4.90 Å². The van der Waals surface area contributed by atoms with Crippen LogP contribution in [-0.4, -0.2) is 8.42 Å². The lowest BCUT2D eigenvalue weighted by Crippen LogP contribution is -2.13. The van der Waals surface area contributed by atoms with E-state index in [-0.39, 0.29) is 15.6 Å². The average Bonchev–Trinajstić information content (AvgIpc) is 2.30. The first-order valence-corrected chi connectivity index (χ1v) is 7.08. The van der Waals surface area contributed by atoms with Crippen LogP contribution in [0.5, 0.6) is 0 Å². The Morgan fingerprint density at radius 1 is 0.950 bits per heavy atom. The molecule has 0 unspecified atom stereocenters. The first-order valence-electron chi connectivity index (χ1n) is 5.22. The molecule has 106 valence electrons. The Kier molecular flexibility index (Phi) is 3.92. The topological polar surface area (TPSA) is 46.2 Å². The summed E-state index contributed by atoms with van der Waals surface area (Å²) in [5.74, 6) is -2.64. The van der Waals surface area contributed by atoms with E-state index in [1.54, 1.807) is 0 Å². The Hall–Kier alpha value is -1.73. The minimum atomic E-state index is -4.12. The molecule has 0 aromatic heterocycles. The van der Waals surface area contributed by atoms with Gasteiger partial charge in [0.1, 0.15) is 17.5 Å². The Labute approximate surface area is 118 Å². The van der Waals surface area contributed by atoms with Gasteiger partial charge >= 0.3 is 0 Å². The molecule has 0 saturated heterocycles. The van der Waals surface area contributed by atoms with Crippen molar-refractivity contribution in [3.05, 3.63) is 58.9 Å². The minimum Gasteiger partial charge on any atom is -0.279 e.